The monoisotopic (exact) mass is 437 g/mol. The molecule has 2 N–H and O–H groups in total. The normalized spacial score (nSPS) is 16.6. The van der Waals surface area contributed by atoms with Gasteiger partial charge in [0, 0.05) is 29.6 Å². The van der Waals surface area contributed by atoms with E-state index in [0.717, 1.165) is 37.4 Å². The van der Waals surface area contributed by atoms with Crippen LogP contribution in [0.1, 0.15) is 46.5 Å². The highest BCUT2D eigenvalue weighted by Gasteiger charge is 2.24. The summed E-state index contributed by atoms with van der Waals surface area (Å²) in [7, 11) is 0. The lowest BCUT2D eigenvalue weighted by Crippen LogP contribution is -2.35. The van der Waals surface area contributed by atoms with E-state index in [1.807, 2.05) is 13.0 Å². The Morgan fingerprint density at radius 1 is 1.42 bits per heavy atom. The third-order valence-corrected chi connectivity index (χ3v) is 5.77. The lowest BCUT2D eigenvalue weighted by molar-refractivity contribution is 0.0944. The SMILES string of the molecule is Cc1cc(Nc2nc(C(=O)NCc3ccco3)cs2)nc(C2CCCN(CC#N)C2)n1. The van der Waals surface area contributed by atoms with E-state index >= 15 is 0 Å². The second kappa shape index (κ2) is 9.68. The largest absolute Gasteiger partial charge is 0.467 e. The minimum atomic E-state index is -0.264. The van der Waals surface area contributed by atoms with Crippen LogP contribution in [0.2, 0.25) is 0 Å². The van der Waals surface area contributed by atoms with Crippen LogP contribution in [0.15, 0.2) is 34.3 Å². The molecule has 0 aliphatic carbocycles. The number of thiazole rings is 1. The van der Waals surface area contributed by atoms with Crippen LogP contribution in [0.25, 0.3) is 0 Å². The first-order valence-electron chi connectivity index (χ1n) is 10.1. The van der Waals surface area contributed by atoms with Crippen LogP contribution in [0.4, 0.5) is 10.9 Å². The van der Waals surface area contributed by atoms with Crippen molar-refractivity contribution in [2.24, 2.45) is 0 Å². The zero-order valence-corrected chi connectivity index (χ0v) is 18.0. The predicted octanol–water partition coefficient (Wildman–Crippen LogP) is 3.21. The number of aryl methyl sites for hydroxylation is 1. The number of aromatic nitrogens is 3. The Morgan fingerprint density at radius 3 is 3.13 bits per heavy atom. The summed E-state index contributed by atoms with van der Waals surface area (Å²) in [4.78, 5) is 28.1. The molecular formula is C21H23N7O2S. The molecule has 3 aromatic heterocycles. The van der Waals surface area contributed by atoms with Gasteiger partial charge in [-0.2, -0.15) is 5.26 Å². The molecule has 0 bridgehead atoms. The molecule has 10 heteroatoms. The average Bonchev–Trinajstić information content (AvgIpc) is 3.44. The number of anilines is 2. The quantitative estimate of drug-likeness (QED) is 0.541. The highest BCUT2D eigenvalue weighted by atomic mass is 32.1. The van der Waals surface area contributed by atoms with E-state index < -0.39 is 0 Å². The van der Waals surface area contributed by atoms with Crippen LogP contribution in [-0.2, 0) is 6.54 Å². The number of nitriles is 1. The number of carbonyl (C=O) groups is 1. The third-order valence-electron chi connectivity index (χ3n) is 5.01. The van der Waals surface area contributed by atoms with Crippen LogP contribution in [0.3, 0.4) is 0 Å². The van der Waals surface area contributed by atoms with E-state index in [2.05, 4.69) is 31.6 Å². The Kier molecular flexibility index (Phi) is 6.54. The molecule has 160 valence electrons. The van der Waals surface area contributed by atoms with Crippen molar-refractivity contribution in [3.05, 3.63) is 52.8 Å². The fourth-order valence-corrected chi connectivity index (χ4v) is 4.26. The summed E-state index contributed by atoms with van der Waals surface area (Å²) < 4.78 is 5.22. The number of furan rings is 1. The molecule has 1 fully saturated rings. The molecule has 0 radical (unpaired) electrons. The number of likely N-dealkylation sites (tertiary alicyclic amines) is 1. The van der Waals surface area contributed by atoms with Crippen molar-refractivity contribution in [3.8, 4) is 6.07 Å². The number of nitrogens with zero attached hydrogens (tertiary/aromatic N) is 5. The Morgan fingerprint density at radius 2 is 2.32 bits per heavy atom. The smallest absolute Gasteiger partial charge is 0.271 e. The van der Waals surface area contributed by atoms with Gasteiger partial charge < -0.3 is 15.1 Å². The minimum Gasteiger partial charge on any atom is -0.467 e. The molecule has 1 atom stereocenters. The highest BCUT2D eigenvalue weighted by molar-refractivity contribution is 7.14. The van der Waals surface area contributed by atoms with Gasteiger partial charge in [-0.05, 0) is 38.4 Å². The van der Waals surface area contributed by atoms with Crippen molar-refractivity contribution in [2.75, 3.05) is 25.0 Å². The Hall–Kier alpha value is -3.29. The van der Waals surface area contributed by atoms with Crippen LogP contribution in [-0.4, -0.2) is 45.4 Å². The molecule has 1 amide bonds. The first-order chi connectivity index (χ1) is 15.1. The molecule has 9 nitrogen and oxygen atoms in total. The van der Waals surface area contributed by atoms with Gasteiger partial charge in [-0.1, -0.05) is 0 Å². The molecule has 4 rings (SSSR count). The number of amides is 1. The van der Waals surface area contributed by atoms with Gasteiger partial charge in [0.05, 0.1) is 25.4 Å². The summed E-state index contributed by atoms with van der Waals surface area (Å²) in [5.41, 5.74) is 1.20. The van der Waals surface area contributed by atoms with E-state index in [1.165, 1.54) is 11.3 Å². The van der Waals surface area contributed by atoms with Gasteiger partial charge in [0.15, 0.2) is 5.13 Å². The summed E-state index contributed by atoms with van der Waals surface area (Å²) in [6, 6.07) is 7.66. The Balaban J connectivity index is 1.41. The predicted molar refractivity (Wildman–Crippen MR) is 116 cm³/mol. The summed E-state index contributed by atoms with van der Waals surface area (Å²) in [5, 5.41) is 17.2. The summed E-state index contributed by atoms with van der Waals surface area (Å²) in [5.74, 6) is 2.04. The third kappa shape index (κ3) is 5.45. The standard InChI is InChI=1S/C21H23N7O2S/c1-14-10-18(26-19(24-14)15-4-2-7-28(12-15)8-6-22)27-21-25-17(13-31-21)20(29)23-11-16-5-3-9-30-16/h3,5,9-10,13,15H,2,4,7-8,11-12H2,1H3,(H,23,29)(H,24,25,26,27). The number of rotatable bonds is 7. The maximum Gasteiger partial charge on any atom is 0.271 e. The topological polar surface area (TPSA) is 120 Å². The van der Waals surface area contributed by atoms with Gasteiger partial charge in [0.2, 0.25) is 0 Å². The Labute approximate surface area is 184 Å². The van der Waals surface area contributed by atoms with Crippen molar-refractivity contribution in [2.45, 2.75) is 32.2 Å². The number of hydrogen-bond acceptors (Lipinski definition) is 9. The molecular weight excluding hydrogens is 414 g/mol. The fourth-order valence-electron chi connectivity index (χ4n) is 3.56. The Bertz CT molecular complexity index is 1070. The van der Waals surface area contributed by atoms with E-state index in [4.69, 9.17) is 14.7 Å². The second-order valence-electron chi connectivity index (χ2n) is 7.41. The molecule has 1 aliphatic rings. The number of hydrogen-bond donors (Lipinski definition) is 2. The van der Waals surface area contributed by atoms with Gasteiger partial charge >= 0.3 is 0 Å². The fraction of sp³-hybridized carbons (Fsp3) is 0.381. The van der Waals surface area contributed by atoms with Crippen molar-refractivity contribution in [1.29, 1.82) is 5.26 Å². The van der Waals surface area contributed by atoms with Crippen LogP contribution < -0.4 is 10.6 Å². The molecule has 0 spiro atoms. The van der Waals surface area contributed by atoms with Gasteiger partial charge in [0.1, 0.15) is 23.1 Å². The van der Waals surface area contributed by atoms with Crippen LogP contribution >= 0.6 is 11.3 Å². The second-order valence-corrected chi connectivity index (χ2v) is 8.27. The molecule has 31 heavy (non-hydrogen) atoms. The molecule has 1 aliphatic heterocycles. The van der Waals surface area contributed by atoms with Gasteiger partial charge in [-0.3, -0.25) is 9.69 Å². The maximum atomic E-state index is 12.3. The molecule has 1 unspecified atom stereocenters. The van der Waals surface area contributed by atoms with Crippen LogP contribution in [0.5, 0.6) is 0 Å². The summed E-state index contributed by atoms with van der Waals surface area (Å²) >= 11 is 1.34. The van der Waals surface area contributed by atoms with E-state index in [0.29, 0.717) is 35.5 Å². The van der Waals surface area contributed by atoms with E-state index in [-0.39, 0.29) is 11.8 Å². The minimum absolute atomic E-state index is 0.196. The van der Waals surface area contributed by atoms with Crippen molar-refractivity contribution in [1.82, 2.24) is 25.2 Å². The number of carbonyl (C=O) groups excluding carboxylic acids is 1. The molecule has 3 aromatic rings. The number of nitrogens with one attached hydrogen (secondary N) is 2. The average molecular weight is 438 g/mol. The van der Waals surface area contributed by atoms with Crippen LogP contribution in [0, 0.1) is 18.3 Å². The van der Waals surface area contributed by atoms with Crippen molar-refractivity contribution >= 4 is 28.2 Å². The van der Waals surface area contributed by atoms with E-state index in [1.54, 1.807) is 23.8 Å². The lowest BCUT2D eigenvalue weighted by Gasteiger charge is -2.30. The molecule has 1 saturated heterocycles. The maximum absolute atomic E-state index is 12.3. The first kappa shape index (κ1) is 21.0. The molecule has 0 saturated carbocycles. The van der Waals surface area contributed by atoms with E-state index in [9.17, 15) is 4.79 Å². The molecule has 4 heterocycles. The van der Waals surface area contributed by atoms with Gasteiger partial charge in [-0.15, -0.1) is 11.3 Å². The van der Waals surface area contributed by atoms with Gasteiger partial charge in [-0.25, -0.2) is 15.0 Å². The lowest BCUT2D eigenvalue weighted by atomic mass is 9.97. The zero-order valence-electron chi connectivity index (χ0n) is 17.2. The first-order valence-corrected chi connectivity index (χ1v) is 11.0. The van der Waals surface area contributed by atoms with Crippen molar-refractivity contribution < 1.29 is 9.21 Å². The van der Waals surface area contributed by atoms with Crippen molar-refractivity contribution in [3.63, 3.8) is 0 Å². The highest BCUT2D eigenvalue weighted by Crippen LogP contribution is 2.27. The zero-order chi connectivity index (χ0) is 21.6. The molecule has 0 aromatic carbocycles. The number of piperidine rings is 1. The van der Waals surface area contributed by atoms with Gasteiger partial charge in [0.25, 0.3) is 5.91 Å². The summed E-state index contributed by atoms with van der Waals surface area (Å²) in [6.45, 7) is 4.39. The summed E-state index contributed by atoms with van der Waals surface area (Å²) in [6.07, 6.45) is 3.59.